The molecule has 2 saturated heterocycles. The number of nitrogens with zero attached hydrogens (tertiary/aromatic N) is 1. The van der Waals surface area contributed by atoms with Crippen LogP contribution in [0.5, 0.6) is 0 Å². The number of carbonyl (C=O) groups is 2. The molecule has 0 saturated carbocycles. The van der Waals surface area contributed by atoms with Crippen LogP contribution in [-0.4, -0.2) is 36.3 Å². The van der Waals surface area contributed by atoms with Crippen molar-refractivity contribution in [2.75, 3.05) is 19.6 Å². The van der Waals surface area contributed by atoms with E-state index >= 15 is 0 Å². The van der Waals surface area contributed by atoms with Crippen molar-refractivity contribution in [1.82, 2.24) is 10.2 Å². The Labute approximate surface area is 133 Å². The number of aryl methyl sites for hydroxylation is 1. The molecule has 2 amide bonds. The van der Waals surface area contributed by atoms with E-state index in [-0.39, 0.29) is 27.8 Å². The molecule has 0 atom stereocenters. The van der Waals surface area contributed by atoms with Gasteiger partial charge >= 0.3 is 0 Å². The summed E-state index contributed by atoms with van der Waals surface area (Å²) in [6, 6.07) is 2.84. The second-order valence-electron chi connectivity index (χ2n) is 6.30. The zero-order valence-electron chi connectivity index (χ0n) is 12.4. The Balaban J connectivity index is 1.76. The predicted molar refractivity (Wildman–Crippen MR) is 81.3 cm³/mol. The first-order chi connectivity index (χ1) is 10.4. The van der Waals surface area contributed by atoms with E-state index in [4.69, 9.17) is 11.6 Å². The lowest BCUT2D eigenvalue weighted by molar-refractivity contribution is -0.119. The second kappa shape index (κ2) is 5.54. The fourth-order valence-electron chi connectivity index (χ4n) is 3.30. The van der Waals surface area contributed by atoms with Gasteiger partial charge in [0, 0.05) is 26.1 Å². The van der Waals surface area contributed by atoms with Gasteiger partial charge in [0.2, 0.25) is 5.91 Å². The minimum Gasteiger partial charge on any atom is -0.356 e. The number of hydrogen-bond donors (Lipinski definition) is 1. The minimum absolute atomic E-state index is 0.0389. The molecule has 0 aliphatic carbocycles. The maximum absolute atomic E-state index is 14.0. The van der Waals surface area contributed by atoms with E-state index in [2.05, 4.69) is 5.32 Å². The Bertz CT molecular complexity index is 639. The van der Waals surface area contributed by atoms with Gasteiger partial charge in [-0.2, -0.15) is 0 Å². The van der Waals surface area contributed by atoms with Gasteiger partial charge in [0.15, 0.2) is 0 Å². The van der Waals surface area contributed by atoms with Crippen LogP contribution in [0.15, 0.2) is 12.1 Å². The highest BCUT2D eigenvalue weighted by Gasteiger charge is 2.42. The largest absolute Gasteiger partial charge is 0.356 e. The first-order valence-corrected chi connectivity index (χ1v) is 7.80. The molecule has 3 rings (SSSR count). The molecule has 2 heterocycles. The van der Waals surface area contributed by atoms with Gasteiger partial charge in [0.1, 0.15) is 5.82 Å². The number of halogens is 2. The van der Waals surface area contributed by atoms with Crippen molar-refractivity contribution in [2.45, 2.75) is 26.2 Å². The van der Waals surface area contributed by atoms with E-state index in [9.17, 15) is 14.0 Å². The molecule has 1 aromatic carbocycles. The number of rotatable bonds is 1. The quantitative estimate of drug-likeness (QED) is 0.863. The van der Waals surface area contributed by atoms with Crippen LogP contribution in [0.4, 0.5) is 4.39 Å². The van der Waals surface area contributed by atoms with E-state index in [1.54, 1.807) is 17.9 Å². The van der Waals surface area contributed by atoms with Crippen molar-refractivity contribution in [3.8, 4) is 0 Å². The number of hydrogen-bond acceptors (Lipinski definition) is 2. The third-order valence-electron chi connectivity index (χ3n) is 4.81. The number of carbonyl (C=O) groups excluding carboxylic acids is 2. The molecule has 2 aliphatic rings. The van der Waals surface area contributed by atoms with Crippen LogP contribution in [0.25, 0.3) is 0 Å². The summed E-state index contributed by atoms with van der Waals surface area (Å²) in [5.74, 6) is -0.871. The number of nitrogens with one attached hydrogen (secondary N) is 1. The average Bonchev–Trinajstić information content (AvgIpc) is 2.85. The highest BCUT2D eigenvalue weighted by Crippen LogP contribution is 2.38. The van der Waals surface area contributed by atoms with Crippen molar-refractivity contribution in [1.29, 1.82) is 0 Å². The van der Waals surface area contributed by atoms with Gasteiger partial charge in [-0.15, -0.1) is 0 Å². The summed E-state index contributed by atoms with van der Waals surface area (Å²) in [6.45, 7) is 3.47. The van der Waals surface area contributed by atoms with E-state index < -0.39 is 5.82 Å². The van der Waals surface area contributed by atoms with Gasteiger partial charge in [-0.3, -0.25) is 9.59 Å². The number of amides is 2. The molecule has 22 heavy (non-hydrogen) atoms. The lowest BCUT2D eigenvalue weighted by atomic mass is 9.77. The van der Waals surface area contributed by atoms with Crippen LogP contribution in [0.1, 0.15) is 35.2 Å². The summed E-state index contributed by atoms with van der Waals surface area (Å²) in [5.41, 5.74) is 0.603. The Morgan fingerprint density at radius 1 is 1.36 bits per heavy atom. The second-order valence-corrected chi connectivity index (χ2v) is 6.68. The normalized spacial score (nSPS) is 20.3. The summed E-state index contributed by atoms with van der Waals surface area (Å²) in [6.07, 6.45) is 2.03. The Kier molecular flexibility index (Phi) is 3.85. The van der Waals surface area contributed by atoms with Crippen LogP contribution in [0.3, 0.4) is 0 Å². The van der Waals surface area contributed by atoms with E-state index in [1.807, 2.05) is 0 Å². The van der Waals surface area contributed by atoms with Gasteiger partial charge in [0.05, 0.1) is 10.6 Å². The Morgan fingerprint density at radius 2 is 2.05 bits per heavy atom. The lowest BCUT2D eigenvalue weighted by Crippen LogP contribution is -2.44. The van der Waals surface area contributed by atoms with Crippen LogP contribution in [0, 0.1) is 18.2 Å². The molecule has 2 fully saturated rings. The molecule has 6 heteroatoms. The smallest absolute Gasteiger partial charge is 0.258 e. The first kappa shape index (κ1) is 15.3. The van der Waals surface area contributed by atoms with E-state index in [1.165, 1.54) is 6.07 Å². The van der Waals surface area contributed by atoms with Crippen LogP contribution in [-0.2, 0) is 4.79 Å². The highest BCUT2D eigenvalue weighted by molar-refractivity contribution is 6.34. The molecule has 0 unspecified atom stereocenters. The van der Waals surface area contributed by atoms with Crippen molar-refractivity contribution in [3.63, 3.8) is 0 Å². The predicted octanol–water partition coefficient (Wildman–Crippen LogP) is 2.53. The molecule has 1 N–H and O–H groups in total. The molecule has 0 aromatic heterocycles. The number of benzene rings is 1. The highest BCUT2D eigenvalue weighted by atomic mass is 35.5. The van der Waals surface area contributed by atoms with Crippen LogP contribution >= 0.6 is 11.6 Å². The monoisotopic (exact) mass is 324 g/mol. The number of likely N-dealkylation sites (tertiary alicyclic amines) is 1. The Morgan fingerprint density at radius 3 is 2.64 bits per heavy atom. The molecule has 2 aliphatic heterocycles. The third kappa shape index (κ3) is 2.58. The summed E-state index contributed by atoms with van der Waals surface area (Å²) in [4.78, 5) is 25.6. The molecule has 0 radical (unpaired) electrons. The zero-order valence-corrected chi connectivity index (χ0v) is 13.2. The summed E-state index contributed by atoms with van der Waals surface area (Å²) < 4.78 is 14.0. The van der Waals surface area contributed by atoms with E-state index in [0.29, 0.717) is 31.6 Å². The van der Waals surface area contributed by atoms with E-state index in [0.717, 1.165) is 12.8 Å². The maximum Gasteiger partial charge on any atom is 0.258 e. The fourth-order valence-corrected chi connectivity index (χ4v) is 3.53. The third-order valence-corrected chi connectivity index (χ3v) is 5.29. The SMILES string of the molecule is Cc1ccc(F)c(C(=O)N2CCC3(CC2)CNC(=O)C3)c1Cl. The van der Waals surface area contributed by atoms with Crippen LogP contribution in [0.2, 0.25) is 5.02 Å². The zero-order chi connectivity index (χ0) is 15.9. The van der Waals surface area contributed by atoms with Crippen LogP contribution < -0.4 is 5.32 Å². The number of piperidine rings is 1. The molecular formula is C16H18ClFN2O2. The average molecular weight is 325 g/mol. The molecule has 0 bridgehead atoms. The van der Waals surface area contributed by atoms with Gasteiger partial charge in [0.25, 0.3) is 5.91 Å². The standard InChI is InChI=1S/C16H18ClFN2O2/c1-10-2-3-11(18)13(14(10)17)15(22)20-6-4-16(5-7-20)8-12(21)19-9-16/h2-3H,4-9H2,1H3,(H,19,21). The maximum atomic E-state index is 14.0. The topological polar surface area (TPSA) is 49.4 Å². The molecule has 1 aromatic rings. The Hall–Kier alpha value is -1.62. The van der Waals surface area contributed by atoms with Gasteiger partial charge in [-0.1, -0.05) is 17.7 Å². The summed E-state index contributed by atoms with van der Waals surface area (Å²) in [7, 11) is 0. The van der Waals surface area contributed by atoms with Gasteiger partial charge in [-0.05, 0) is 36.8 Å². The fraction of sp³-hybridized carbons (Fsp3) is 0.500. The van der Waals surface area contributed by atoms with Crippen molar-refractivity contribution in [3.05, 3.63) is 34.1 Å². The summed E-state index contributed by atoms with van der Waals surface area (Å²) >= 11 is 6.11. The lowest BCUT2D eigenvalue weighted by Gasteiger charge is -2.38. The minimum atomic E-state index is -0.585. The van der Waals surface area contributed by atoms with Gasteiger partial charge in [-0.25, -0.2) is 4.39 Å². The first-order valence-electron chi connectivity index (χ1n) is 7.42. The van der Waals surface area contributed by atoms with Gasteiger partial charge < -0.3 is 10.2 Å². The molecular weight excluding hydrogens is 307 g/mol. The van der Waals surface area contributed by atoms with Crippen molar-refractivity contribution in [2.24, 2.45) is 5.41 Å². The van der Waals surface area contributed by atoms with Crippen molar-refractivity contribution < 1.29 is 14.0 Å². The molecule has 118 valence electrons. The molecule has 1 spiro atoms. The van der Waals surface area contributed by atoms with Crippen molar-refractivity contribution >= 4 is 23.4 Å². The summed E-state index contributed by atoms with van der Waals surface area (Å²) in [5, 5.41) is 3.04. The molecule has 4 nitrogen and oxygen atoms in total.